The molecule has 1 aliphatic heterocycles. The largest absolute Gasteiger partial charge is 0.416 e. The summed E-state index contributed by atoms with van der Waals surface area (Å²) in [6.45, 7) is 0.344. The van der Waals surface area contributed by atoms with E-state index in [1.807, 2.05) is 0 Å². The van der Waals surface area contributed by atoms with Crippen LogP contribution in [0.2, 0.25) is 0 Å². The van der Waals surface area contributed by atoms with E-state index in [9.17, 15) is 18.3 Å². The van der Waals surface area contributed by atoms with Crippen LogP contribution in [0.25, 0.3) is 0 Å². The summed E-state index contributed by atoms with van der Waals surface area (Å²) in [5, 5.41) is 12.2. The van der Waals surface area contributed by atoms with Crippen LogP contribution in [0, 0.1) is 0 Å². The number of aliphatic hydroxyl groups excluding tert-OH is 1. The Labute approximate surface area is 91.1 Å². The third-order valence-corrected chi connectivity index (χ3v) is 2.75. The van der Waals surface area contributed by atoms with Crippen LogP contribution in [0.1, 0.15) is 23.6 Å². The second kappa shape index (κ2) is 4.07. The number of benzene rings is 1. The first kappa shape index (κ1) is 11.4. The quantitative estimate of drug-likeness (QED) is 0.775. The van der Waals surface area contributed by atoms with Crippen LogP contribution in [0.3, 0.4) is 0 Å². The lowest BCUT2D eigenvalue weighted by Gasteiger charge is -2.17. The zero-order valence-electron chi connectivity index (χ0n) is 8.46. The van der Waals surface area contributed by atoms with Gasteiger partial charge in [-0.3, -0.25) is 0 Å². The van der Waals surface area contributed by atoms with Crippen LogP contribution >= 0.6 is 0 Å². The molecule has 1 aromatic carbocycles. The lowest BCUT2D eigenvalue weighted by Crippen LogP contribution is -2.18. The highest BCUT2D eigenvalue weighted by atomic mass is 19.4. The minimum atomic E-state index is -4.34. The van der Waals surface area contributed by atoms with Gasteiger partial charge in [0.25, 0.3) is 0 Å². The molecule has 1 fully saturated rings. The Morgan fingerprint density at radius 1 is 1.25 bits per heavy atom. The maximum atomic E-state index is 12.7. The minimum absolute atomic E-state index is 0.214. The van der Waals surface area contributed by atoms with Crippen molar-refractivity contribution >= 4 is 0 Å². The third kappa shape index (κ3) is 2.20. The minimum Gasteiger partial charge on any atom is -0.392 e. The van der Waals surface area contributed by atoms with Crippen molar-refractivity contribution in [1.29, 1.82) is 0 Å². The van der Waals surface area contributed by atoms with Crippen molar-refractivity contribution in [3.05, 3.63) is 35.4 Å². The van der Waals surface area contributed by atoms with E-state index in [0.29, 0.717) is 13.0 Å². The van der Waals surface area contributed by atoms with Crippen LogP contribution in [0.15, 0.2) is 24.3 Å². The molecule has 2 atom stereocenters. The third-order valence-electron chi connectivity index (χ3n) is 2.75. The van der Waals surface area contributed by atoms with Crippen molar-refractivity contribution in [1.82, 2.24) is 5.32 Å². The van der Waals surface area contributed by atoms with Gasteiger partial charge in [0.05, 0.1) is 11.7 Å². The van der Waals surface area contributed by atoms with Crippen molar-refractivity contribution in [3.63, 3.8) is 0 Å². The van der Waals surface area contributed by atoms with Gasteiger partial charge in [-0.25, -0.2) is 0 Å². The van der Waals surface area contributed by atoms with Crippen LogP contribution in [-0.2, 0) is 6.18 Å². The lowest BCUT2D eigenvalue weighted by atomic mass is 9.98. The predicted molar refractivity (Wildman–Crippen MR) is 52.8 cm³/mol. The number of hydrogen-bond acceptors (Lipinski definition) is 2. The molecule has 1 saturated heterocycles. The molecule has 0 radical (unpaired) electrons. The molecule has 2 rings (SSSR count). The molecule has 0 amide bonds. The van der Waals surface area contributed by atoms with E-state index < -0.39 is 23.9 Å². The summed E-state index contributed by atoms with van der Waals surface area (Å²) < 4.78 is 38.1. The molecule has 1 heterocycles. The SMILES string of the molecule is O[C@@H]1CN[C@@H](c2ccccc2C(F)(F)F)C1. The van der Waals surface area contributed by atoms with Gasteiger partial charge in [0.1, 0.15) is 0 Å². The Bertz CT molecular complexity index is 378. The van der Waals surface area contributed by atoms with Gasteiger partial charge < -0.3 is 10.4 Å². The van der Waals surface area contributed by atoms with Crippen LogP contribution in [0.4, 0.5) is 13.2 Å². The molecule has 1 aromatic rings. The van der Waals surface area contributed by atoms with E-state index in [-0.39, 0.29) is 5.56 Å². The topological polar surface area (TPSA) is 32.3 Å². The van der Waals surface area contributed by atoms with E-state index in [0.717, 1.165) is 6.07 Å². The van der Waals surface area contributed by atoms with Gasteiger partial charge in [0.2, 0.25) is 0 Å². The zero-order chi connectivity index (χ0) is 11.8. The Kier molecular flexibility index (Phi) is 2.90. The number of rotatable bonds is 1. The Hall–Kier alpha value is -1.07. The molecular weight excluding hydrogens is 219 g/mol. The molecule has 0 aromatic heterocycles. The molecule has 0 aliphatic carbocycles. The zero-order valence-corrected chi connectivity index (χ0v) is 8.46. The fraction of sp³-hybridized carbons (Fsp3) is 0.455. The molecule has 0 spiro atoms. The summed E-state index contributed by atoms with van der Waals surface area (Å²) >= 11 is 0. The first-order valence-corrected chi connectivity index (χ1v) is 5.06. The van der Waals surface area contributed by atoms with Gasteiger partial charge in [-0.15, -0.1) is 0 Å². The van der Waals surface area contributed by atoms with Crippen LogP contribution in [0.5, 0.6) is 0 Å². The van der Waals surface area contributed by atoms with Crippen molar-refractivity contribution in [2.45, 2.75) is 24.7 Å². The van der Waals surface area contributed by atoms with E-state index in [1.165, 1.54) is 12.1 Å². The monoisotopic (exact) mass is 231 g/mol. The number of halogens is 3. The highest BCUT2D eigenvalue weighted by Crippen LogP contribution is 2.36. The number of nitrogens with one attached hydrogen (secondary N) is 1. The molecule has 88 valence electrons. The van der Waals surface area contributed by atoms with Crippen molar-refractivity contribution in [2.24, 2.45) is 0 Å². The molecule has 2 N–H and O–H groups in total. The normalized spacial score (nSPS) is 26.0. The standard InChI is InChI=1S/C11H12F3NO/c12-11(13,14)9-4-2-1-3-8(9)10-5-7(16)6-15-10/h1-4,7,10,15-16H,5-6H2/t7-,10+/m0/s1. The Morgan fingerprint density at radius 2 is 1.94 bits per heavy atom. The Morgan fingerprint density at radius 3 is 2.50 bits per heavy atom. The summed E-state index contributed by atoms with van der Waals surface area (Å²) in [7, 11) is 0. The fourth-order valence-corrected chi connectivity index (χ4v) is 2.01. The molecule has 5 heteroatoms. The van der Waals surface area contributed by atoms with Crippen molar-refractivity contribution in [2.75, 3.05) is 6.54 Å². The van der Waals surface area contributed by atoms with E-state index in [1.54, 1.807) is 6.07 Å². The van der Waals surface area contributed by atoms with Gasteiger partial charge in [0.15, 0.2) is 0 Å². The van der Waals surface area contributed by atoms with Gasteiger partial charge in [-0.2, -0.15) is 13.2 Å². The number of aliphatic hydroxyl groups is 1. The molecule has 0 saturated carbocycles. The average molecular weight is 231 g/mol. The van der Waals surface area contributed by atoms with Crippen molar-refractivity contribution < 1.29 is 18.3 Å². The van der Waals surface area contributed by atoms with Crippen LogP contribution < -0.4 is 5.32 Å². The van der Waals surface area contributed by atoms with Gasteiger partial charge in [-0.1, -0.05) is 18.2 Å². The second-order valence-corrected chi connectivity index (χ2v) is 3.94. The highest BCUT2D eigenvalue weighted by molar-refractivity contribution is 5.33. The summed E-state index contributed by atoms with van der Waals surface area (Å²) in [4.78, 5) is 0. The number of hydrogen-bond donors (Lipinski definition) is 2. The summed E-state index contributed by atoms with van der Waals surface area (Å²) in [6.07, 6.45) is -4.58. The summed E-state index contributed by atoms with van der Waals surface area (Å²) in [5.74, 6) is 0. The maximum Gasteiger partial charge on any atom is 0.416 e. The first-order valence-electron chi connectivity index (χ1n) is 5.06. The predicted octanol–water partition coefficient (Wildman–Crippen LogP) is 2.10. The maximum absolute atomic E-state index is 12.7. The number of β-amino-alcohol motifs (C(OH)–C–C–N with tert-alkyl or cyclic N) is 1. The van der Waals surface area contributed by atoms with Crippen LogP contribution in [-0.4, -0.2) is 17.8 Å². The Balaban J connectivity index is 2.34. The molecule has 0 unspecified atom stereocenters. The van der Waals surface area contributed by atoms with E-state index in [2.05, 4.69) is 5.32 Å². The van der Waals surface area contributed by atoms with E-state index >= 15 is 0 Å². The lowest BCUT2D eigenvalue weighted by molar-refractivity contribution is -0.138. The summed E-state index contributed by atoms with van der Waals surface area (Å²) in [6, 6.07) is 5.07. The molecule has 1 aliphatic rings. The summed E-state index contributed by atoms with van der Waals surface area (Å²) in [5.41, 5.74) is -0.409. The molecule has 0 bridgehead atoms. The second-order valence-electron chi connectivity index (χ2n) is 3.94. The highest BCUT2D eigenvalue weighted by Gasteiger charge is 2.36. The van der Waals surface area contributed by atoms with Crippen molar-refractivity contribution in [3.8, 4) is 0 Å². The van der Waals surface area contributed by atoms with E-state index in [4.69, 9.17) is 0 Å². The fourth-order valence-electron chi connectivity index (χ4n) is 2.01. The molecular formula is C11H12F3NO. The molecule has 2 nitrogen and oxygen atoms in total. The molecule has 16 heavy (non-hydrogen) atoms. The van der Waals surface area contributed by atoms with Gasteiger partial charge >= 0.3 is 6.18 Å². The number of alkyl halides is 3. The first-order chi connectivity index (χ1) is 7.48. The smallest absolute Gasteiger partial charge is 0.392 e. The van der Waals surface area contributed by atoms with Gasteiger partial charge in [0, 0.05) is 12.6 Å². The average Bonchev–Trinajstić information content (AvgIpc) is 2.64. The van der Waals surface area contributed by atoms with Gasteiger partial charge in [-0.05, 0) is 18.1 Å².